The fourth-order valence-corrected chi connectivity index (χ4v) is 2.17. The molecule has 2 N–H and O–H groups in total. The van der Waals surface area contributed by atoms with Crippen molar-refractivity contribution in [2.45, 2.75) is 64.2 Å². The van der Waals surface area contributed by atoms with Crippen molar-refractivity contribution in [2.24, 2.45) is 0 Å². The zero-order valence-corrected chi connectivity index (χ0v) is 10.3. The lowest BCUT2D eigenvalue weighted by Gasteiger charge is -2.32. The topological polar surface area (TPSA) is 41.5 Å². The van der Waals surface area contributed by atoms with Gasteiger partial charge in [-0.05, 0) is 33.6 Å². The highest BCUT2D eigenvalue weighted by molar-refractivity contribution is 4.83. The third-order valence-electron chi connectivity index (χ3n) is 3.05. The molecule has 1 fully saturated rings. The van der Waals surface area contributed by atoms with Crippen LogP contribution in [-0.4, -0.2) is 36.0 Å². The van der Waals surface area contributed by atoms with Crippen molar-refractivity contribution < 1.29 is 9.84 Å². The van der Waals surface area contributed by atoms with Gasteiger partial charge in [-0.25, -0.2) is 0 Å². The molecule has 0 bridgehead atoms. The van der Waals surface area contributed by atoms with Gasteiger partial charge in [-0.15, -0.1) is 0 Å². The van der Waals surface area contributed by atoms with E-state index < -0.39 is 0 Å². The average molecular weight is 215 g/mol. The van der Waals surface area contributed by atoms with Crippen molar-refractivity contribution in [2.75, 3.05) is 13.2 Å². The summed E-state index contributed by atoms with van der Waals surface area (Å²) in [6, 6.07) is 0.262. The van der Waals surface area contributed by atoms with E-state index in [4.69, 9.17) is 4.74 Å². The molecule has 0 aromatic carbocycles. The van der Waals surface area contributed by atoms with Crippen molar-refractivity contribution in [1.29, 1.82) is 0 Å². The lowest BCUT2D eigenvalue weighted by atomic mass is 9.92. The van der Waals surface area contributed by atoms with Crippen LogP contribution in [0, 0.1) is 0 Å². The van der Waals surface area contributed by atoms with Gasteiger partial charge in [-0.1, -0.05) is 12.8 Å². The van der Waals surface area contributed by atoms with Crippen molar-refractivity contribution in [3.05, 3.63) is 0 Å². The molecule has 0 radical (unpaired) electrons. The Bertz CT molecular complexity index is 182. The number of ether oxygens (including phenoxy) is 1. The standard InChI is InChI=1S/C12H25NO2/c1-4-15-12(2,3)9-13-10-7-5-6-8-11(10)14/h10-11,13-14H,4-9H2,1-3H3/t10-,11-/m0/s1. The molecule has 1 rings (SSSR count). The summed E-state index contributed by atoms with van der Waals surface area (Å²) in [5.74, 6) is 0. The minimum Gasteiger partial charge on any atom is -0.392 e. The predicted molar refractivity (Wildman–Crippen MR) is 62.0 cm³/mol. The normalized spacial score (nSPS) is 28.0. The van der Waals surface area contributed by atoms with Gasteiger partial charge in [0.05, 0.1) is 11.7 Å². The smallest absolute Gasteiger partial charge is 0.0750 e. The fourth-order valence-electron chi connectivity index (χ4n) is 2.17. The summed E-state index contributed by atoms with van der Waals surface area (Å²) in [6.45, 7) is 7.72. The summed E-state index contributed by atoms with van der Waals surface area (Å²) in [6.07, 6.45) is 4.24. The second-order valence-electron chi connectivity index (χ2n) is 5.03. The lowest BCUT2D eigenvalue weighted by molar-refractivity contribution is -0.0166. The highest BCUT2D eigenvalue weighted by Gasteiger charge is 2.25. The van der Waals surface area contributed by atoms with Gasteiger partial charge in [0, 0.05) is 19.2 Å². The first-order valence-electron chi connectivity index (χ1n) is 6.10. The molecule has 3 heteroatoms. The number of nitrogens with one attached hydrogen (secondary N) is 1. The molecule has 3 nitrogen and oxygen atoms in total. The largest absolute Gasteiger partial charge is 0.392 e. The molecule has 0 amide bonds. The molecular weight excluding hydrogens is 190 g/mol. The van der Waals surface area contributed by atoms with Crippen molar-refractivity contribution in [3.63, 3.8) is 0 Å². The first-order valence-corrected chi connectivity index (χ1v) is 6.10. The Morgan fingerprint density at radius 3 is 2.60 bits per heavy atom. The molecule has 1 aliphatic carbocycles. The van der Waals surface area contributed by atoms with E-state index in [-0.39, 0.29) is 17.7 Å². The maximum atomic E-state index is 9.79. The van der Waals surface area contributed by atoms with Gasteiger partial charge < -0.3 is 15.2 Å². The number of aliphatic hydroxyl groups is 1. The van der Waals surface area contributed by atoms with Crippen molar-refractivity contribution >= 4 is 0 Å². The molecule has 15 heavy (non-hydrogen) atoms. The van der Waals surface area contributed by atoms with Crippen LogP contribution in [-0.2, 0) is 4.74 Å². The molecule has 0 spiro atoms. The molecule has 0 aromatic rings. The second kappa shape index (κ2) is 5.83. The molecule has 2 atom stereocenters. The molecule has 1 aliphatic rings. The van der Waals surface area contributed by atoms with Crippen LogP contribution in [0.15, 0.2) is 0 Å². The monoisotopic (exact) mass is 215 g/mol. The number of hydrogen-bond donors (Lipinski definition) is 2. The summed E-state index contributed by atoms with van der Waals surface area (Å²) in [4.78, 5) is 0. The predicted octanol–water partition coefficient (Wildman–Crippen LogP) is 1.69. The summed E-state index contributed by atoms with van der Waals surface area (Å²) < 4.78 is 5.61. The van der Waals surface area contributed by atoms with E-state index in [1.54, 1.807) is 0 Å². The summed E-state index contributed by atoms with van der Waals surface area (Å²) in [5, 5.41) is 13.2. The average Bonchev–Trinajstić information content (AvgIpc) is 2.16. The van der Waals surface area contributed by atoms with Gasteiger partial charge >= 0.3 is 0 Å². The van der Waals surface area contributed by atoms with E-state index in [2.05, 4.69) is 19.2 Å². The van der Waals surface area contributed by atoms with Crippen molar-refractivity contribution in [1.82, 2.24) is 5.32 Å². The zero-order valence-electron chi connectivity index (χ0n) is 10.3. The van der Waals surface area contributed by atoms with Gasteiger partial charge in [0.2, 0.25) is 0 Å². The van der Waals surface area contributed by atoms with Crippen LogP contribution in [0.4, 0.5) is 0 Å². The highest BCUT2D eigenvalue weighted by Crippen LogP contribution is 2.19. The molecule has 0 heterocycles. The molecule has 0 unspecified atom stereocenters. The van der Waals surface area contributed by atoms with Gasteiger partial charge in [-0.3, -0.25) is 0 Å². The molecular formula is C12H25NO2. The molecule has 0 aliphatic heterocycles. The Labute approximate surface area is 93.2 Å². The Hall–Kier alpha value is -0.120. The van der Waals surface area contributed by atoms with Gasteiger partial charge in [-0.2, -0.15) is 0 Å². The number of hydrogen-bond acceptors (Lipinski definition) is 3. The van der Waals surface area contributed by atoms with Gasteiger partial charge in [0.15, 0.2) is 0 Å². The van der Waals surface area contributed by atoms with Crippen LogP contribution in [0.25, 0.3) is 0 Å². The maximum Gasteiger partial charge on any atom is 0.0750 e. The third-order valence-corrected chi connectivity index (χ3v) is 3.05. The summed E-state index contributed by atoms with van der Waals surface area (Å²) in [7, 11) is 0. The Morgan fingerprint density at radius 1 is 1.33 bits per heavy atom. The Morgan fingerprint density at radius 2 is 2.00 bits per heavy atom. The molecule has 90 valence electrons. The van der Waals surface area contributed by atoms with Crippen LogP contribution in [0.2, 0.25) is 0 Å². The first kappa shape index (κ1) is 12.9. The number of aliphatic hydroxyl groups excluding tert-OH is 1. The third kappa shape index (κ3) is 4.49. The Balaban J connectivity index is 2.28. The van der Waals surface area contributed by atoms with E-state index in [1.807, 2.05) is 6.92 Å². The van der Waals surface area contributed by atoms with Crippen LogP contribution >= 0.6 is 0 Å². The van der Waals surface area contributed by atoms with E-state index in [1.165, 1.54) is 6.42 Å². The number of rotatable bonds is 5. The zero-order chi connectivity index (χ0) is 11.3. The highest BCUT2D eigenvalue weighted by atomic mass is 16.5. The quantitative estimate of drug-likeness (QED) is 0.733. The Kier molecular flexibility index (Phi) is 5.03. The van der Waals surface area contributed by atoms with Crippen molar-refractivity contribution in [3.8, 4) is 0 Å². The van der Waals surface area contributed by atoms with Crippen LogP contribution in [0.1, 0.15) is 46.5 Å². The van der Waals surface area contributed by atoms with Gasteiger partial charge in [0.25, 0.3) is 0 Å². The van der Waals surface area contributed by atoms with Crippen LogP contribution in [0.3, 0.4) is 0 Å². The van der Waals surface area contributed by atoms with Crippen LogP contribution < -0.4 is 5.32 Å². The van der Waals surface area contributed by atoms with E-state index in [0.717, 1.165) is 32.4 Å². The lowest BCUT2D eigenvalue weighted by Crippen LogP contribution is -2.48. The maximum absolute atomic E-state index is 9.79. The van der Waals surface area contributed by atoms with Gasteiger partial charge in [0.1, 0.15) is 0 Å². The first-order chi connectivity index (χ1) is 7.05. The molecule has 0 saturated heterocycles. The minimum atomic E-state index is -0.170. The van der Waals surface area contributed by atoms with E-state index in [0.29, 0.717) is 0 Å². The SMILES string of the molecule is CCOC(C)(C)CN[C@H]1CCCC[C@@H]1O. The minimum absolute atomic E-state index is 0.133. The fraction of sp³-hybridized carbons (Fsp3) is 1.00. The summed E-state index contributed by atoms with van der Waals surface area (Å²) >= 11 is 0. The molecule has 1 saturated carbocycles. The second-order valence-corrected chi connectivity index (χ2v) is 5.03. The summed E-state index contributed by atoms with van der Waals surface area (Å²) in [5.41, 5.74) is -0.133. The van der Waals surface area contributed by atoms with Crippen LogP contribution in [0.5, 0.6) is 0 Å². The van der Waals surface area contributed by atoms with E-state index >= 15 is 0 Å². The molecule has 0 aromatic heterocycles. The van der Waals surface area contributed by atoms with E-state index in [9.17, 15) is 5.11 Å².